The molecule has 0 unspecified atom stereocenters. The number of fused-ring (bicyclic) bond motifs is 1. The second-order valence-electron chi connectivity index (χ2n) is 6.86. The highest BCUT2D eigenvalue weighted by Crippen LogP contribution is 2.40. The van der Waals surface area contributed by atoms with Crippen LogP contribution in [-0.4, -0.2) is 26.4 Å². The van der Waals surface area contributed by atoms with Crippen LogP contribution in [0.3, 0.4) is 0 Å². The fourth-order valence-corrected chi connectivity index (χ4v) is 4.44. The maximum atomic E-state index is 12.5. The number of aryl methyl sites for hydroxylation is 1. The third-order valence-corrected chi connectivity index (χ3v) is 6.01. The smallest absolute Gasteiger partial charge is 0.230 e. The van der Waals surface area contributed by atoms with Gasteiger partial charge in [-0.2, -0.15) is 0 Å². The van der Waals surface area contributed by atoms with Gasteiger partial charge in [0.1, 0.15) is 5.82 Å². The van der Waals surface area contributed by atoms with Crippen molar-refractivity contribution in [3.8, 4) is 0 Å². The predicted octanol–water partition coefficient (Wildman–Crippen LogP) is 3.46. The number of carbonyl (C=O) groups is 1. The number of thioether (sulfide) groups is 1. The summed E-state index contributed by atoms with van der Waals surface area (Å²) in [7, 11) is 0. The van der Waals surface area contributed by atoms with Gasteiger partial charge in [-0.3, -0.25) is 4.79 Å². The van der Waals surface area contributed by atoms with Gasteiger partial charge in [0.15, 0.2) is 5.16 Å². The molecule has 1 aromatic heterocycles. The predicted molar refractivity (Wildman–Crippen MR) is 98.7 cm³/mol. The molecule has 2 aromatic rings. The zero-order chi connectivity index (χ0) is 17.2. The average Bonchev–Trinajstić information content (AvgIpc) is 3.40. The van der Waals surface area contributed by atoms with E-state index in [0.29, 0.717) is 11.7 Å². The third-order valence-electron chi connectivity index (χ3n) is 5.04. The van der Waals surface area contributed by atoms with E-state index < -0.39 is 0 Å². The van der Waals surface area contributed by atoms with E-state index >= 15 is 0 Å². The summed E-state index contributed by atoms with van der Waals surface area (Å²) >= 11 is 1.49. The lowest BCUT2D eigenvalue weighted by Gasteiger charge is -2.26. The van der Waals surface area contributed by atoms with Crippen LogP contribution >= 0.6 is 11.8 Å². The first-order valence-electron chi connectivity index (χ1n) is 9.19. The lowest BCUT2D eigenvalue weighted by molar-refractivity contribution is -0.119. The largest absolute Gasteiger partial charge is 0.349 e. The van der Waals surface area contributed by atoms with Crippen molar-refractivity contribution < 1.29 is 4.79 Å². The van der Waals surface area contributed by atoms with Crippen LogP contribution in [0.4, 0.5) is 0 Å². The van der Waals surface area contributed by atoms with E-state index in [9.17, 15) is 4.79 Å². The van der Waals surface area contributed by atoms with Gasteiger partial charge in [0.2, 0.25) is 5.91 Å². The number of nitrogens with zero attached hydrogens (tertiary/aromatic N) is 3. The summed E-state index contributed by atoms with van der Waals surface area (Å²) in [6.45, 7) is 2.97. The minimum atomic E-state index is 0.0744. The summed E-state index contributed by atoms with van der Waals surface area (Å²) in [6, 6.07) is 8.59. The molecule has 25 heavy (non-hydrogen) atoms. The van der Waals surface area contributed by atoms with E-state index in [1.165, 1.54) is 35.7 Å². The Hall–Kier alpha value is -1.82. The molecular formula is C19H24N4OS. The van der Waals surface area contributed by atoms with Crippen LogP contribution in [0.5, 0.6) is 0 Å². The molecule has 0 aliphatic heterocycles. The van der Waals surface area contributed by atoms with Gasteiger partial charge in [-0.15, -0.1) is 10.2 Å². The minimum absolute atomic E-state index is 0.0744. The van der Waals surface area contributed by atoms with Gasteiger partial charge in [-0.25, -0.2) is 0 Å². The number of rotatable bonds is 6. The van der Waals surface area contributed by atoms with E-state index in [0.717, 1.165) is 36.8 Å². The molecule has 0 saturated heterocycles. The molecular weight excluding hydrogens is 332 g/mol. The van der Waals surface area contributed by atoms with Crippen LogP contribution in [0.15, 0.2) is 29.4 Å². The van der Waals surface area contributed by atoms with Crippen molar-refractivity contribution >= 4 is 17.7 Å². The third kappa shape index (κ3) is 3.59. The van der Waals surface area contributed by atoms with Crippen molar-refractivity contribution in [1.29, 1.82) is 0 Å². The molecule has 2 aliphatic rings. The van der Waals surface area contributed by atoms with Crippen LogP contribution in [-0.2, 0) is 17.8 Å². The van der Waals surface area contributed by atoms with Crippen molar-refractivity contribution in [1.82, 2.24) is 20.1 Å². The molecule has 1 aromatic carbocycles. The van der Waals surface area contributed by atoms with E-state index in [1.807, 2.05) is 0 Å². The summed E-state index contributed by atoms with van der Waals surface area (Å²) in [5, 5.41) is 12.7. The highest BCUT2D eigenvalue weighted by molar-refractivity contribution is 7.99. The summed E-state index contributed by atoms with van der Waals surface area (Å²) < 4.78 is 2.16. The standard InChI is InChI=1S/C19H24N4OS/c1-2-23-18(14-10-11-14)21-22-19(23)25-12-17(24)20-16-9-5-7-13-6-3-4-8-15(13)16/h3-4,6,8,14,16H,2,5,7,9-12H2,1H3,(H,20,24)/t16-/m0/s1. The van der Waals surface area contributed by atoms with E-state index in [-0.39, 0.29) is 11.9 Å². The van der Waals surface area contributed by atoms with Crippen molar-refractivity contribution in [3.63, 3.8) is 0 Å². The number of aromatic nitrogens is 3. The number of carbonyl (C=O) groups excluding carboxylic acids is 1. The molecule has 0 spiro atoms. The molecule has 0 bridgehead atoms. The van der Waals surface area contributed by atoms with Crippen molar-refractivity contribution in [2.75, 3.05) is 5.75 Å². The van der Waals surface area contributed by atoms with Gasteiger partial charge in [0, 0.05) is 12.5 Å². The molecule has 1 heterocycles. The molecule has 1 amide bonds. The van der Waals surface area contributed by atoms with E-state index in [4.69, 9.17) is 0 Å². The highest BCUT2D eigenvalue weighted by Gasteiger charge is 2.30. The number of amides is 1. The van der Waals surface area contributed by atoms with Crippen LogP contribution in [0.25, 0.3) is 0 Å². The molecule has 4 rings (SSSR count). The fourth-order valence-electron chi connectivity index (χ4n) is 3.62. The van der Waals surface area contributed by atoms with Gasteiger partial charge >= 0.3 is 0 Å². The average molecular weight is 356 g/mol. The summed E-state index contributed by atoms with van der Waals surface area (Å²) in [6.07, 6.45) is 5.68. The Morgan fingerprint density at radius 1 is 1.28 bits per heavy atom. The van der Waals surface area contributed by atoms with Gasteiger partial charge < -0.3 is 9.88 Å². The Kier molecular flexibility index (Phi) is 4.79. The first kappa shape index (κ1) is 16.6. The molecule has 2 aliphatic carbocycles. The summed E-state index contributed by atoms with van der Waals surface area (Å²) in [5.41, 5.74) is 2.64. The fraction of sp³-hybridized carbons (Fsp3) is 0.526. The summed E-state index contributed by atoms with van der Waals surface area (Å²) in [4.78, 5) is 12.5. The highest BCUT2D eigenvalue weighted by atomic mass is 32.2. The SMILES string of the molecule is CCn1c(SCC(=O)N[C@H]2CCCc3ccccc32)nnc1C1CC1. The Morgan fingerprint density at radius 3 is 2.92 bits per heavy atom. The number of hydrogen-bond acceptors (Lipinski definition) is 4. The minimum Gasteiger partial charge on any atom is -0.349 e. The number of nitrogens with one attached hydrogen (secondary N) is 1. The lowest BCUT2D eigenvalue weighted by Crippen LogP contribution is -2.32. The maximum Gasteiger partial charge on any atom is 0.230 e. The number of hydrogen-bond donors (Lipinski definition) is 1. The second kappa shape index (κ2) is 7.20. The monoisotopic (exact) mass is 356 g/mol. The first-order valence-corrected chi connectivity index (χ1v) is 10.2. The van der Waals surface area contributed by atoms with Crippen LogP contribution in [0.1, 0.15) is 61.5 Å². The van der Waals surface area contributed by atoms with Crippen molar-refractivity contribution in [3.05, 3.63) is 41.2 Å². The van der Waals surface area contributed by atoms with Crippen LogP contribution in [0, 0.1) is 0 Å². The normalized spacial score (nSPS) is 19.5. The summed E-state index contributed by atoms with van der Waals surface area (Å²) in [5.74, 6) is 2.13. The van der Waals surface area contributed by atoms with Gasteiger partial charge in [-0.1, -0.05) is 36.0 Å². The second-order valence-corrected chi connectivity index (χ2v) is 7.80. The molecule has 1 atom stereocenters. The van der Waals surface area contributed by atoms with Gasteiger partial charge in [-0.05, 0) is 50.2 Å². The van der Waals surface area contributed by atoms with Gasteiger partial charge in [0.05, 0.1) is 11.8 Å². The Morgan fingerprint density at radius 2 is 2.12 bits per heavy atom. The van der Waals surface area contributed by atoms with Crippen LogP contribution in [0.2, 0.25) is 0 Å². The Bertz CT molecular complexity index is 769. The maximum absolute atomic E-state index is 12.5. The van der Waals surface area contributed by atoms with Crippen molar-refractivity contribution in [2.45, 2.75) is 62.7 Å². The first-order chi connectivity index (χ1) is 12.3. The van der Waals surface area contributed by atoms with E-state index in [1.54, 1.807) is 0 Å². The molecule has 1 fully saturated rings. The zero-order valence-electron chi connectivity index (χ0n) is 14.6. The molecule has 6 heteroatoms. The molecule has 1 saturated carbocycles. The van der Waals surface area contributed by atoms with Crippen molar-refractivity contribution in [2.24, 2.45) is 0 Å². The van der Waals surface area contributed by atoms with Gasteiger partial charge in [0.25, 0.3) is 0 Å². The molecule has 5 nitrogen and oxygen atoms in total. The zero-order valence-corrected chi connectivity index (χ0v) is 15.4. The topological polar surface area (TPSA) is 59.8 Å². The lowest BCUT2D eigenvalue weighted by atomic mass is 9.88. The Labute approximate surface area is 152 Å². The molecule has 0 radical (unpaired) electrons. The molecule has 132 valence electrons. The Balaban J connectivity index is 1.37. The number of benzene rings is 1. The molecule has 1 N–H and O–H groups in total. The van der Waals surface area contributed by atoms with E-state index in [2.05, 4.69) is 51.3 Å². The van der Waals surface area contributed by atoms with Crippen LogP contribution < -0.4 is 5.32 Å². The quantitative estimate of drug-likeness (QED) is 0.805.